The highest BCUT2D eigenvalue weighted by Gasteiger charge is 2.52. The van der Waals surface area contributed by atoms with Gasteiger partial charge in [0.05, 0.1) is 6.61 Å². The minimum Gasteiger partial charge on any atom is -0.494 e. The summed E-state index contributed by atoms with van der Waals surface area (Å²) in [6, 6.07) is 7.61. The molecule has 3 atom stereocenters. The molecule has 21 heavy (non-hydrogen) atoms. The lowest BCUT2D eigenvalue weighted by molar-refractivity contribution is -0.117. The molecule has 1 aromatic carbocycles. The summed E-state index contributed by atoms with van der Waals surface area (Å²) in [6.45, 7) is 2.62. The normalized spacial score (nSPS) is 28.7. The highest BCUT2D eigenvalue weighted by atomic mass is 16.5. The SMILES string of the molecule is CCOc1ccc(NC(=O)[C@@H]2[C@H]3/C=C\CCCC[C@@H]32)cc1. The molecule has 1 N–H and O–H groups in total. The van der Waals surface area contributed by atoms with Crippen LogP contribution in [0.5, 0.6) is 5.75 Å². The number of benzene rings is 1. The Labute approximate surface area is 126 Å². The van der Waals surface area contributed by atoms with Crippen molar-refractivity contribution < 1.29 is 9.53 Å². The molecule has 0 aliphatic heterocycles. The van der Waals surface area contributed by atoms with Gasteiger partial charge in [0.15, 0.2) is 0 Å². The number of amides is 1. The topological polar surface area (TPSA) is 38.3 Å². The third kappa shape index (κ3) is 3.29. The molecule has 1 aromatic rings. The molecule has 0 saturated heterocycles. The number of hydrogen-bond donors (Lipinski definition) is 1. The predicted molar refractivity (Wildman–Crippen MR) is 84.3 cm³/mol. The smallest absolute Gasteiger partial charge is 0.228 e. The van der Waals surface area contributed by atoms with Crippen LogP contribution < -0.4 is 10.1 Å². The minimum absolute atomic E-state index is 0.167. The molecule has 0 aromatic heterocycles. The zero-order valence-corrected chi connectivity index (χ0v) is 12.5. The maximum Gasteiger partial charge on any atom is 0.228 e. The summed E-state index contributed by atoms with van der Waals surface area (Å²) in [7, 11) is 0. The average molecular weight is 285 g/mol. The molecule has 0 radical (unpaired) electrons. The van der Waals surface area contributed by atoms with Gasteiger partial charge in [0.2, 0.25) is 5.91 Å². The molecule has 3 heteroatoms. The molecule has 112 valence electrons. The van der Waals surface area contributed by atoms with Crippen LogP contribution in [0.1, 0.15) is 32.6 Å². The van der Waals surface area contributed by atoms with Gasteiger partial charge in [0.25, 0.3) is 0 Å². The monoisotopic (exact) mass is 285 g/mol. The molecule has 0 bridgehead atoms. The molecule has 3 rings (SSSR count). The molecular weight excluding hydrogens is 262 g/mol. The van der Waals surface area contributed by atoms with Crippen LogP contribution in [-0.4, -0.2) is 12.5 Å². The van der Waals surface area contributed by atoms with Crippen molar-refractivity contribution in [2.45, 2.75) is 32.6 Å². The standard InChI is InChI=1S/C18H23NO2/c1-2-21-14-11-9-13(10-12-14)19-18(20)17-15-7-5-3-4-6-8-16(15)17/h5,7,9-12,15-17H,2-4,6,8H2,1H3,(H,19,20)/b7-5-/t15-,16-,17+/m0/s1. The van der Waals surface area contributed by atoms with Crippen LogP contribution in [0, 0.1) is 17.8 Å². The van der Waals surface area contributed by atoms with E-state index < -0.39 is 0 Å². The Morgan fingerprint density at radius 2 is 2.10 bits per heavy atom. The summed E-state index contributed by atoms with van der Waals surface area (Å²) in [5.74, 6) is 2.20. The number of carbonyl (C=O) groups excluding carboxylic acids is 1. The summed E-state index contributed by atoms with van der Waals surface area (Å²) in [5, 5.41) is 3.04. The number of fused-ring (bicyclic) bond motifs is 1. The predicted octanol–water partition coefficient (Wildman–Crippen LogP) is 4.02. The third-order valence-electron chi connectivity index (χ3n) is 4.48. The average Bonchev–Trinajstić information content (AvgIpc) is 3.12. The van der Waals surface area contributed by atoms with E-state index in [1.54, 1.807) is 0 Å². The molecule has 1 saturated carbocycles. The number of anilines is 1. The van der Waals surface area contributed by atoms with E-state index in [2.05, 4.69) is 17.5 Å². The van der Waals surface area contributed by atoms with E-state index in [1.165, 1.54) is 19.3 Å². The van der Waals surface area contributed by atoms with Crippen LogP contribution in [0.15, 0.2) is 36.4 Å². The van der Waals surface area contributed by atoms with Crippen molar-refractivity contribution in [3.63, 3.8) is 0 Å². The van der Waals surface area contributed by atoms with Crippen LogP contribution in [0.2, 0.25) is 0 Å². The van der Waals surface area contributed by atoms with Crippen LogP contribution in [-0.2, 0) is 4.79 Å². The van der Waals surface area contributed by atoms with E-state index in [0.29, 0.717) is 18.4 Å². The Morgan fingerprint density at radius 3 is 2.86 bits per heavy atom. The van der Waals surface area contributed by atoms with Crippen molar-refractivity contribution in [3.05, 3.63) is 36.4 Å². The number of carbonyl (C=O) groups is 1. The lowest BCUT2D eigenvalue weighted by Gasteiger charge is -2.07. The van der Waals surface area contributed by atoms with E-state index >= 15 is 0 Å². The molecule has 1 amide bonds. The second kappa shape index (κ2) is 6.33. The molecule has 1 fully saturated rings. The van der Waals surface area contributed by atoms with Gasteiger partial charge in [0.1, 0.15) is 5.75 Å². The first kappa shape index (κ1) is 14.2. The first-order valence-corrected chi connectivity index (χ1v) is 8.00. The number of nitrogens with one attached hydrogen (secondary N) is 1. The maximum absolute atomic E-state index is 12.4. The van der Waals surface area contributed by atoms with Gasteiger partial charge in [-0.25, -0.2) is 0 Å². The number of rotatable bonds is 4. The Balaban J connectivity index is 1.59. The first-order chi connectivity index (χ1) is 10.3. The molecule has 0 unspecified atom stereocenters. The van der Waals surface area contributed by atoms with E-state index in [0.717, 1.165) is 17.9 Å². The number of allylic oxidation sites excluding steroid dienone is 2. The summed E-state index contributed by atoms with van der Waals surface area (Å²) < 4.78 is 5.41. The fraction of sp³-hybridized carbons (Fsp3) is 0.500. The molecular formula is C18H23NO2. The van der Waals surface area contributed by atoms with Crippen molar-refractivity contribution >= 4 is 11.6 Å². The largest absolute Gasteiger partial charge is 0.494 e. The lowest BCUT2D eigenvalue weighted by atomic mass is 10.1. The number of ether oxygens (including phenoxy) is 1. The Hall–Kier alpha value is -1.77. The Morgan fingerprint density at radius 1 is 1.29 bits per heavy atom. The molecule has 0 spiro atoms. The Bertz CT molecular complexity index is 521. The summed E-state index contributed by atoms with van der Waals surface area (Å²) in [6.07, 6.45) is 9.37. The highest BCUT2D eigenvalue weighted by molar-refractivity contribution is 5.95. The zero-order chi connectivity index (χ0) is 14.7. The molecule has 2 aliphatic carbocycles. The summed E-state index contributed by atoms with van der Waals surface area (Å²) >= 11 is 0. The van der Waals surface area contributed by atoms with E-state index in [1.807, 2.05) is 31.2 Å². The fourth-order valence-corrected chi connectivity index (χ4v) is 3.33. The molecule has 0 heterocycles. The summed E-state index contributed by atoms with van der Waals surface area (Å²) in [5.41, 5.74) is 0.853. The van der Waals surface area contributed by atoms with Gasteiger partial charge in [-0.05, 0) is 62.3 Å². The second-order valence-electron chi connectivity index (χ2n) is 5.93. The van der Waals surface area contributed by atoms with E-state index in [4.69, 9.17) is 4.74 Å². The number of hydrogen-bond acceptors (Lipinski definition) is 2. The van der Waals surface area contributed by atoms with Crippen molar-refractivity contribution in [1.29, 1.82) is 0 Å². The maximum atomic E-state index is 12.4. The summed E-state index contributed by atoms with van der Waals surface area (Å²) in [4.78, 5) is 12.4. The van der Waals surface area contributed by atoms with Crippen molar-refractivity contribution in [2.75, 3.05) is 11.9 Å². The van der Waals surface area contributed by atoms with Gasteiger partial charge in [0, 0.05) is 11.6 Å². The van der Waals surface area contributed by atoms with Crippen LogP contribution in [0.4, 0.5) is 5.69 Å². The minimum atomic E-state index is 0.167. The van der Waals surface area contributed by atoms with Crippen molar-refractivity contribution in [3.8, 4) is 5.75 Å². The Kier molecular flexibility index (Phi) is 4.28. The molecule has 2 aliphatic rings. The van der Waals surface area contributed by atoms with E-state index in [9.17, 15) is 4.79 Å². The molecule has 3 nitrogen and oxygen atoms in total. The fourth-order valence-electron chi connectivity index (χ4n) is 3.33. The first-order valence-electron chi connectivity index (χ1n) is 8.00. The zero-order valence-electron chi connectivity index (χ0n) is 12.5. The van der Waals surface area contributed by atoms with Gasteiger partial charge in [-0.3, -0.25) is 4.79 Å². The van der Waals surface area contributed by atoms with Gasteiger partial charge in [-0.2, -0.15) is 0 Å². The van der Waals surface area contributed by atoms with Crippen molar-refractivity contribution in [1.82, 2.24) is 0 Å². The van der Waals surface area contributed by atoms with Crippen LogP contribution in [0.25, 0.3) is 0 Å². The highest BCUT2D eigenvalue weighted by Crippen LogP contribution is 2.51. The third-order valence-corrected chi connectivity index (χ3v) is 4.48. The van der Waals surface area contributed by atoms with Gasteiger partial charge in [-0.1, -0.05) is 18.6 Å². The van der Waals surface area contributed by atoms with Crippen LogP contribution in [0.3, 0.4) is 0 Å². The van der Waals surface area contributed by atoms with Gasteiger partial charge in [-0.15, -0.1) is 0 Å². The lowest BCUT2D eigenvalue weighted by Crippen LogP contribution is -2.15. The van der Waals surface area contributed by atoms with Crippen LogP contribution >= 0.6 is 0 Å². The van der Waals surface area contributed by atoms with Gasteiger partial charge < -0.3 is 10.1 Å². The van der Waals surface area contributed by atoms with Crippen molar-refractivity contribution in [2.24, 2.45) is 17.8 Å². The quantitative estimate of drug-likeness (QED) is 0.849. The second-order valence-corrected chi connectivity index (χ2v) is 5.93. The van der Waals surface area contributed by atoms with E-state index in [-0.39, 0.29) is 11.8 Å². The van der Waals surface area contributed by atoms with Gasteiger partial charge >= 0.3 is 0 Å².